The Morgan fingerprint density at radius 1 is 0.950 bits per heavy atom. The van der Waals surface area contributed by atoms with E-state index < -0.39 is 6.10 Å². The molecule has 0 fully saturated rings. The number of methoxy groups -OCH3 is 1. The summed E-state index contributed by atoms with van der Waals surface area (Å²) in [6.07, 6.45) is 1.80. The lowest BCUT2D eigenvalue weighted by atomic mass is 10.4. The second-order valence-corrected chi connectivity index (χ2v) is 4.50. The zero-order valence-electron chi connectivity index (χ0n) is 12.9. The summed E-state index contributed by atoms with van der Waals surface area (Å²) in [6, 6.07) is 0. The summed E-state index contributed by atoms with van der Waals surface area (Å²) in [5.74, 6) is 0. The van der Waals surface area contributed by atoms with Gasteiger partial charge in [0.2, 0.25) is 0 Å². The molecule has 0 saturated carbocycles. The number of rotatable bonds is 16. The number of ether oxygens (including phenoxy) is 4. The number of aliphatic hydroxyl groups is 1. The van der Waals surface area contributed by atoms with Crippen LogP contribution in [-0.2, 0) is 18.9 Å². The number of nitrogens with one attached hydrogen (secondary N) is 1. The molecule has 6 heteroatoms. The molecule has 0 spiro atoms. The van der Waals surface area contributed by atoms with Crippen molar-refractivity contribution in [2.24, 2.45) is 0 Å². The Labute approximate surface area is 122 Å². The topological polar surface area (TPSA) is 69.2 Å². The van der Waals surface area contributed by atoms with Gasteiger partial charge in [0.1, 0.15) is 0 Å². The van der Waals surface area contributed by atoms with Crippen molar-refractivity contribution in [1.29, 1.82) is 0 Å². The Kier molecular flexibility index (Phi) is 16.6. The van der Waals surface area contributed by atoms with Gasteiger partial charge in [0, 0.05) is 26.8 Å². The normalized spacial score (nSPS) is 12.8. The van der Waals surface area contributed by atoms with Crippen molar-refractivity contribution >= 4 is 0 Å². The van der Waals surface area contributed by atoms with E-state index in [0.29, 0.717) is 52.7 Å². The summed E-state index contributed by atoms with van der Waals surface area (Å²) < 4.78 is 20.9. The predicted molar refractivity (Wildman–Crippen MR) is 78.1 cm³/mol. The van der Waals surface area contributed by atoms with Gasteiger partial charge in [-0.2, -0.15) is 0 Å². The lowest BCUT2D eigenvalue weighted by Gasteiger charge is -2.11. The summed E-state index contributed by atoms with van der Waals surface area (Å²) >= 11 is 0. The first-order valence-electron chi connectivity index (χ1n) is 7.42. The molecular formula is C14H31NO5. The molecule has 0 bridgehead atoms. The molecule has 2 N–H and O–H groups in total. The van der Waals surface area contributed by atoms with Crippen molar-refractivity contribution in [3.63, 3.8) is 0 Å². The molecule has 0 aliphatic heterocycles. The lowest BCUT2D eigenvalue weighted by molar-refractivity contribution is 0.0138. The SMILES string of the molecule is CCCCOCCOCCOCCNCC(O)COC. The van der Waals surface area contributed by atoms with E-state index in [9.17, 15) is 5.11 Å². The Morgan fingerprint density at radius 3 is 2.15 bits per heavy atom. The van der Waals surface area contributed by atoms with Crippen molar-refractivity contribution in [3.05, 3.63) is 0 Å². The summed E-state index contributed by atoms with van der Waals surface area (Å²) in [5, 5.41) is 12.5. The quantitative estimate of drug-likeness (QED) is 0.402. The maximum absolute atomic E-state index is 9.37. The first-order chi connectivity index (χ1) is 9.81. The Balaban J connectivity index is 2.99. The van der Waals surface area contributed by atoms with E-state index in [1.165, 1.54) is 0 Å². The minimum atomic E-state index is -0.462. The van der Waals surface area contributed by atoms with Gasteiger partial charge < -0.3 is 29.4 Å². The fraction of sp³-hybridized carbons (Fsp3) is 1.00. The minimum absolute atomic E-state index is 0.349. The van der Waals surface area contributed by atoms with Gasteiger partial charge in [-0.25, -0.2) is 0 Å². The average molecular weight is 293 g/mol. The summed E-state index contributed by atoms with van der Waals surface area (Å²) in [5.41, 5.74) is 0. The molecule has 0 amide bonds. The van der Waals surface area contributed by atoms with Crippen molar-refractivity contribution in [2.75, 3.05) is 66.4 Å². The molecule has 0 saturated heterocycles. The molecule has 0 aromatic heterocycles. The highest BCUT2D eigenvalue weighted by atomic mass is 16.5. The maximum atomic E-state index is 9.37. The average Bonchev–Trinajstić information content (AvgIpc) is 2.44. The van der Waals surface area contributed by atoms with Gasteiger partial charge in [-0.05, 0) is 6.42 Å². The Morgan fingerprint density at radius 2 is 1.55 bits per heavy atom. The van der Waals surface area contributed by atoms with Crippen molar-refractivity contribution in [3.8, 4) is 0 Å². The van der Waals surface area contributed by atoms with E-state index >= 15 is 0 Å². The van der Waals surface area contributed by atoms with Gasteiger partial charge >= 0.3 is 0 Å². The first-order valence-corrected chi connectivity index (χ1v) is 7.42. The van der Waals surface area contributed by atoms with Gasteiger partial charge in [-0.1, -0.05) is 13.3 Å². The maximum Gasteiger partial charge on any atom is 0.0897 e. The standard InChI is InChI=1S/C14H31NO5/c1-3-4-6-18-8-10-20-11-9-19-7-5-15-12-14(16)13-17-2/h14-16H,3-13H2,1-2H3. The number of hydrogen-bond donors (Lipinski definition) is 2. The molecule has 1 unspecified atom stereocenters. The summed E-state index contributed by atoms with van der Waals surface area (Å²) in [4.78, 5) is 0. The van der Waals surface area contributed by atoms with E-state index in [-0.39, 0.29) is 0 Å². The zero-order valence-corrected chi connectivity index (χ0v) is 12.9. The van der Waals surface area contributed by atoms with Crippen LogP contribution in [0.1, 0.15) is 19.8 Å². The van der Waals surface area contributed by atoms with Crippen LogP contribution in [-0.4, -0.2) is 77.7 Å². The van der Waals surface area contributed by atoms with Crippen molar-refractivity contribution < 1.29 is 24.1 Å². The molecule has 122 valence electrons. The predicted octanol–water partition coefficient (Wildman–Crippen LogP) is 0.433. The van der Waals surface area contributed by atoms with Crippen LogP contribution in [0.5, 0.6) is 0 Å². The molecule has 0 radical (unpaired) electrons. The van der Waals surface area contributed by atoms with Crippen LogP contribution < -0.4 is 5.32 Å². The molecule has 1 atom stereocenters. The molecular weight excluding hydrogens is 262 g/mol. The Bertz CT molecular complexity index is 183. The summed E-state index contributed by atoms with van der Waals surface area (Å²) in [6.45, 7) is 7.58. The van der Waals surface area contributed by atoms with Crippen LogP contribution >= 0.6 is 0 Å². The molecule has 0 heterocycles. The molecule has 6 nitrogen and oxygen atoms in total. The number of hydrogen-bond acceptors (Lipinski definition) is 6. The summed E-state index contributed by atoms with van der Waals surface area (Å²) in [7, 11) is 1.57. The van der Waals surface area contributed by atoms with Crippen molar-refractivity contribution in [2.45, 2.75) is 25.9 Å². The molecule has 0 aliphatic carbocycles. The molecule has 0 aromatic rings. The second-order valence-electron chi connectivity index (χ2n) is 4.50. The third-order valence-electron chi connectivity index (χ3n) is 2.55. The Hall–Kier alpha value is -0.240. The third-order valence-corrected chi connectivity index (χ3v) is 2.55. The fourth-order valence-electron chi connectivity index (χ4n) is 1.45. The smallest absolute Gasteiger partial charge is 0.0897 e. The van der Waals surface area contributed by atoms with Crippen LogP contribution in [0.25, 0.3) is 0 Å². The van der Waals surface area contributed by atoms with Crippen LogP contribution in [0.3, 0.4) is 0 Å². The monoisotopic (exact) mass is 293 g/mol. The van der Waals surface area contributed by atoms with Crippen LogP contribution in [0.2, 0.25) is 0 Å². The molecule has 0 aromatic carbocycles. The van der Waals surface area contributed by atoms with Crippen molar-refractivity contribution in [1.82, 2.24) is 5.32 Å². The molecule has 20 heavy (non-hydrogen) atoms. The van der Waals surface area contributed by atoms with Gasteiger partial charge in [0.15, 0.2) is 0 Å². The van der Waals surface area contributed by atoms with Crippen LogP contribution in [0.15, 0.2) is 0 Å². The molecule has 0 rings (SSSR count). The van der Waals surface area contributed by atoms with Gasteiger partial charge in [0.25, 0.3) is 0 Å². The van der Waals surface area contributed by atoms with Crippen LogP contribution in [0, 0.1) is 0 Å². The van der Waals surface area contributed by atoms with E-state index in [0.717, 1.165) is 19.4 Å². The number of unbranched alkanes of at least 4 members (excludes halogenated alkanes) is 1. The lowest BCUT2D eigenvalue weighted by Crippen LogP contribution is -2.32. The van der Waals surface area contributed by atoms with E-state index in [1.54, 1.807) is 7.11 Å². The highest BCUT2D eigenvalue weighted by molar-refractivity contribution is 4.57. The zero-order chi connectivity index (χ0) is 14.9. The highest BCUT2D eigenvalue weighted by Gasteiger charge is 2.01. The van der Waals surface area contributed by atoms with Gasteiger partial charge in [0.05, 0.1) is 45.7 Å². The molecule has 0 aliphatic rings. The van der Waals surface area contributed by atoms with E-state index in [2.05, 4.69) is 12.2 Å². The number of aliphatic hydroxyl groups excluding tert-OH is 1. The first kappa shape index (κ1) is 19.8. The second kappa shape index (κ2) is 16.8. The van der Waals surface area contributed by atoms with Gasteiger partial charge in [-0.15, -0.1) is 0 Å². The fourth-order valence-corrected chi connectivity index (χ4v) is 1.45. The largest absolute Gasteiger partial charge is 0.389 e. The van der Waals surface area contributed by atoms with E-state index in [1.807, 2.05) is 0 Å². The highest BCUT2D eigenvalue weighted by Crippen LogP contribution is 1.88. The van der Waals surface area contributed by atoms with Gasteiger partial charge in [-0.3, -0.25) is 0 Å². The third kappa shape index (κ3) is 15.8. The van der Waals surface area contributed by atoms with Crippen LogP contribution in [0.4, 0.5) is 0 Å². The minimum Gasteiger partial charge on any atom is -0.389 e. The van der Waals surface area contributed by atoms with E-state index in [4.69, 9.17) is 18.9 Å².